The first-order chi connectivity index (χ1) is 13.6. The van der Waals surface area contributed by atoms with Crippen molar-refractivity contribution in [3.63, 3.8) is 0 Å². The Balaban J connectivity index is 1.58. The zero-order valence-corrected chi connectivity index (χ0v) is 15.8. The van der Waals surface area contributed by atoms with Crippen molar-refractivity contribution in [3.8, 4) is 0 Å². The quantitative estimate of drug-likeness (QED) is 0.241. The molecule has 0 aliphatic carbocycles. The van der Waals surface area contributed by atoms with Crippen LogP contribution in [0, 0.1) is 4.91 Å². The molecule has 28 heavy (non-hydrogen) atoms. The van der Waals surface area contributed by atoms with E-state index in [9.17, 15) is 19.3 Å². The van der Waals surface area contributed by atoms with Gasteiger partial charge in [0, 0.05) is 35.5 Å². The maximum absolute atomic E-state index is 12.8. The Morgan fingerprint density at radius 2 is 1.71 bits per heavy atom. The van der Waals surface area contributed by atoms with E-state index in [0.717, 1.165) is 5.39 Å². The first kappa shape index (κ1) is 19.8. The van der Waals surface area contributed by atoms with Gasteiger partial charge >= 0.3 is 6.03 Å². The average Bonchev–Trinajstić information content (AvgIpc) is 2.71. The average molecular weight is 403 g/mol. The maximum Gasteiger partial charge on any atom is 0.340 e. The second-order valence-electron chi connectivity index (χ2n) is 6.30. The number of urea groups is 1. The Hall–Kier alpha value is -3.00. The van der Waals surface area contributed by atoms with E-state index in [4.69, 9.17) is 11.6 Å². The molecule has 146 valence electrons. The molecule has 0 saturated carbocycles. The van der Waals surface area contributed by atoms with E-state index in [1.165, 1.54) is 4.90 Å². The highest BCUT2D eigenvalue weighted by molar-refractivity contribution is 6.25. The van der Waals surface area contributed by atoms with Crippen LogP contribution in [0.15, 0.2) is 41.7 Å². The van der Waals surface area contributed by atoms with Crippen LogP contribution in [0.25, 0.3) is 10.8 Å². The van der Waals surface area contributed by atoms with E-state index in [2.05, 4.69) is 10.6 Å². The van der Waals surface area contributed by atoms with Crippen LogP contribution in [-0.2, 0) is 0 Å². The fraction of sp³-hybridized carbons (Fsp3) is 0.316. The third-order valence-electron chi connectivity index (χ3n) is 4.57. The van der Waals surface area contributed by atoms with Crippen LogP contribution >= 0.6 is 11.6 Å². The van der Waals surface area contributed by atoms with Gasteiger partial charge in [-0.15, -0.1) is 16.5 Å². The molecule has 0 radical (unpaired) electrons. The van der Waals surface area contributed by atoms with Gasteiger partial charge in [-0.3, -0.25) is 14.5 Å². The summed E-state index contributed by atoms with van der Waals surface area (Å²) < 4.78 is 0. The lowest BCUT2D eigenvalue weighted by Gasteiger charge is -2.27. The number of nitrogens with zero attached hydrogens (tertiary/aromatic N) is 3. The molecule has 1 aliphatic rings. The van der Waals surface area contributed by atoms with Gasteiger partial charge in [-0.25, -0.2) is 4.79 Å². The number of benzene rings is 2. The van der Waals surface area contributed by atoms with Crippen molar-refractivity contribution in [1.82, 2.24) is 15.2 Å². The second-order valence-corrected chi connectivity index (χ2v) is 6.68. The molecule has 3 rings (SSSR count). The first-order valence-electron chi connectivity index (χ1n) is 8.91. The number of rotatable bonds is 8. The van der Waals surface area contributed by atoms with Crippen LogP contribution in [-0.4, -0.2) is 53.3 Å². The zero-order valence-electron chi connectivity index (χ0n) is 15.1. The number of nitrogens with one attached hydrogen (secondary N) is 1. The smallest absolute Gasteiger partial charge is 0.336 e. The van der Waals surface area contributed by atoms with Crippen molar-refractivity contribution in [2.24, 2.45) is 5.29 Å². The number of carbonyl (C=O) groups excluding carboxylic acids is 3. The molecule has 1 aliphatic heterocycles. The third kappa shape index (κ3) is 3.82. The molecule has 0 fully saturated rings. The van der Waals surface area contributed by atoms with Crippen LogP contribution in [0.1, 0.15) is 33.6 Å². The Morgan fingerprint density at radius 3 is 2.29 bits per heavy atom. The summed E-state index contributed by atoms with van der Waals surface area (Å²) in [4.78, 5) is 49.0. The van der Waals surface area contributed by atoms with Gasteiger partial charge in [0.2, 0.25) is 0 Å². The van der Waals surface area contributed by atoms with Crippen molar-refractivity contribution in [2.45, 2.75) is 12.8 Å². The van der Waals surface area contributed by atoms with Gasteiger partial charge in [0.1, 0.15) is 0 Å². The van der Waals surface area contributed by atoms with Crippen molar-refractivity contribution >= 4 is 40.2 Å². The van der Waals surface area contributed by atoms with Crippen LogP contribution in [0.4, 0.5) is 4.79 Å². The minimum absolute atomic E-state index is 0.0264. The highest BCUT2D eigenvalue weighted by atomic mass is 35.5. The van der Waals surface area contributed by atoms with Crippen LogP contribution in [0.3, 0.4) is 0 Å². The van der Waals surface area contributed by atoms with Gasteiger partial charge in [0.15, 0.2) is 0 Å². The molecule has 0 bridgehead atoms. The lowest BCUT2D eigenvalue weighted by molar-refractivity contribution is 0.0608. The SMILES string of the molecule is O=NN(CCCl)C(=O)NCCCCN1C(=O)c2cccc3cccc(c23)C1=O. The monoisotopic (exact) mass is 402 g/mol. The fourth-order valence-corrected chi connectivity index (χ4v) is 3.38. The van der Waals surface area contributed by atoms with Crippen LogP contribution in [0.5, 0.6) is 0 Å². The van der Waals surface area contributed by atoms with E-state index in [1.54, 1.807) is 24.3 Å². The summed E-state index contributed by atoms with van der Waals surface area (Å²) in [7, 11) is 0. The standard InChI is InChI=1S/C19H19ClN4O4/c20-9-12-24(22-28)19(27)21-10-1-2-11-23-17(25)14-7-3-5-13-6-4-8-15(16(13)14)18(23)26/h3-8H,1-2,9-12H2,(H,21,27). The largest absolute Gasteiger partial charge is 0.340 e. The van der Waals surface area contributed by atoms with Crippen LogP contribution in [0.2, 0.25) is 0 Å². The molecule has 0 atom stereocenters. The molecule has 0 unspecified atom stereocenters. The van der Waals surface area contributed by atoms with Gasteiger partial charge in [0.25, 0.3) is 11.8 Å². The number of hydrogen-bond donors (Lipinski definition) is 1. The molecule has 2 aromatic rings. The molecule has 1 heterocycles. The second kappa shape index (κ2) is 8.79. The molecule has 0 aromatic heterocycles. The normalized spacial score (nSPS) is 13.0. The van der Waals surface area contributed by atoms with Crippen LogP contribution < -0.4 is 5.32 Å². The van der Waals surface area contributed by atoms with Gasteiger partial charge in [0.05, 0.1) is 11.8 Å². The molecular weight excluding hydrogens is 384 g/mol. The number of imide groups is 1. The van der Waals surface area contributed by atoms with E-state index in [-0.39, 0.29) is 37.3 Å². The molecule has 2 aromatic carbocycles. The van der Waals surface area contributed by atoms with Crippen molar-refractivity contribution in [2.75, 3.05) is 25.5 Å². The number of halogens is 1. The number of carbonyl (C=O) groups is 3. The predicted octanol–water partition coefficient (Wildman–Crippen LogP) is 3.15. The predicted molar refractivity (Wildman–Crippen MR) is 105 cm³/mol. The maximum atomic E-state index is 12.8. The minimum atomic E-state index is -0.624. The molecule has 0 saturated heterocycles. The number of alkyl halides is 1. The third-order valence-corrected chi connectivity index (χ3v) is 4.74. The Labute approximate surface area is 166 Å². The Kier molecular flexibility index (Phi) is 6.20. The first-order valence-corrected chi connectivity index (χ1v) is 9.44. The van der Waals surface area contributed by atoms with E-state index >= 15 is 0 Å². The van der Waals surface area contributed by atoms with Crippen molar-refractivity contribution in [1.29, 1.82) is 0 Å². The molecule has 1 N–H and O–H groups in total. The molecule has 9 heteroatoms. The molecule has 4 amide bonds. The summed E-state index contributed by atoms with van der Waals surface area (Å²) in [6, 6.07) is 10.2. The highest BCUT2D eigenvalue weighted by Gasteiger charge is 2.32. The van der Waals surface area contributed by atoms with E-state index in [1.807, 2.05) is 12.1 Å². The summed E-state index contributed by atoms with van der Waals surface area (Å²) in [5.41, 5.74) is 1.05. The lowest BCUT2D eigenvalue weighted by atomic mass is 9.94. The van der Waals surface area contributed by atoms with Gasteiger partial charge in [-0.1, -0.05) is 24.3 Å². The van der Waals surface area contributed by atoms with Gasteiger partial charge in [-0.2, -0.15) is 5.01 Å². The summed E-state index contributed by atoms with van der Waals surface area (Å²) >= 11 is 5.49. The number of nitroso groups, excluding NO2 is 1. The van der Waals surface area contributed by atoms with Crippen molar-refractivity contribution < 1.29 is 14.4 Å². The van der Waals surface area contributed by atoms with Gasteiger partial charge < -0.3 is 5.32 Å². The lowest BCUT2D eigenvalue weighted by Crippen LogP contribution is -2.41. The fourth-order valence-electron chi connectivity index (χ4n) is 3.22. The molecule has 8 nitrogen and oxygen atoms in total. The minimum Gasteiger partial charge on any atom is -0.336 e. The number of amides is 4. The van der Waals surface area contributed by atoms with E-state index < -0.39 is 6.03 Å². The van der Waals surface area contributed by atoms with Crippen molar-refractivity contribution in [3.05, 3.63) is 52.4 Å². The van der Waals surface area contributed by atoms with Gasteiger partial charge in [-0.05, 0) is 30.4 Å². The highest BCUT2D eigenvalue weighted by Crippen LogP contribution is 2.29. The summed E-state index contributed by atoms with van der Waals surface area (Å²) in [6.07, 6.45) is 1.04. The Bertz CT molecular complexity index is 883. The molecule has 0 spiro atoms. The number of hydrogen-bond acceptors (Lipinski definition) is 5. The summed E-state index contributed by atoms with van der Waals surface area (Å²) in [5, 5.41) is 7.43. The van der Waals surface area contributed by atoms with E-state index in [0.29, 0.717) is 34.4 Å². The zero-order chi connectivity index (χ0) is 20.1. The molecular formula is C19H19ClN4O4. The Morgan fingerprint density at radius 1 is 1.07 bits per heavy atom. The summed E-state index contributed by atoms with van der Waals surface area (Å²) in [6.45, 7) is 0.559. The topological polar surface area (TPSA) is 99.2 Å². The summed E-state index contributed by atoms with van der Waals surface area (Å²) in [5.74, 6) is -0.513. The number of unbranched alkanes of at least 4 members (excludes halogenated alkanes) is 1.